The molecule has 0 bridgehead atoms. The number of benzene rings is 1. The highest BCUT2D eigenvalue weighted by Gasteiger charge is 2.57. The number of carbonyl (C=O) groups excluding carboxylic acids is 1. The highest BCUT2D eigenvalue weighted by atomic mass is 32.2. The quantitative estimate of drug-likeness (QED) is 0.164. The molecular weight excluding hydrogens is 543 g/mol. The van der Waals surface area contributed by atoms with Crippen LogP contribution in [0.15, 0.2) is 24.3 Å². The smallest absolute Gasteiger partial charge is 0.396 e. The lowest BCUT2D eigenvalue weighted by molar-refractivity contribution is -0.284. The average molecular weight is 589 g/mol. The van der Waals surface area contributed by atoms with Crippen molar-refractivity contribution in [3.05, 3.63) is 35.4 Å². The van der Waals surface area contributed by atoms with Crippen molar-refractivity contribution in [2.45, 2.75) is 114 Å². The third-order valence-corrected chi connectivity index (χ3v) is 11.3. The number of carbonyl (C=O) groups is 1. The Kier molecular flexibility index (Phi) is 11.0. The van der Waals surface area contributed by atoms with E-state index in [-0.39, 0.29) is 24.4 Å². The summed E-state index contributed by atoms with van der Waals surface area (Å²) in [4.78, 5) is 13.7. The number of alkyl halides is 5. The molecule has 1 aromatic rings. The molecule has 1 aromatic carbocycles. The summed E-state index contributed by atoms with van der Waals surface area (Å²) >= 11 is 1.46. The molecule has 0 saturated heterocycles. The first-order chi connectivity index (χ1) is 19.1. The third kappa shape index (κ3) is 7.07. The van der Waals surface area contributed by atoms with Gasteiger partial charge in [0.1, 0.15) is 0 Å². The average Bonchev–Trinajstić information content (AvgIpc) is 3.37. The normalized spacial score (nSPS) is 28.3. The summed E-state index contributed by atoms with van der Waals surface area (Å²) in [5.74, 6) is -1.86. The summed E-state index contributed by atoms with van der Waals surface area (Å²) in [6, 6.07) is 8.21. The van der Waals surface area contributed by atoms with Crippen LogP contribution >= 0.6 is 11.8 Å². The molecule has 1 N–H and O–H groups in total. The molecule has 3 aliphatic carbocycles. The number of hydrogen-bond acceptors (Lipinski definition) is 3. The Hall–Kier alpha value is -1.15. The number of aliphatic hydroxyl groups excluding tert-OH is 1. The van der Waals surface area contributed by atoms with E-state index in [1.807, 2.05) is 12.1 Å². The second-order valence-electron chi connectivity index (χ2n) is 12.5. The van der Waals surface area contributed by atoms with Gasteiger partial charge in [-0.05, 0) is 85.2 Å². The fourth-order valence-electron chi connectivity index (χ4n) is 8.03. The minimum absolute atomic E-state index is 0.0123. The van der Waals surface area contributed by atoms with Gasteiger partial charge in [0.05, 0.1) is 0 Å². The van der Waals surface area contributed by atoms with Gasteiger partial charge < -0.3 is 5.11 Å². The largest absolute Gasteiger partial charge is 0.453 e. The molecule has 0 unspecified atom stereocenters. The highest BCUT2D eigenvalue weighted by molar-refractivity contribution is 7.99. The van der Waals surface area contributed by atoms with Crippen LogP contribution in [0, 0.1) is 23.2 Å². The maximum Gasteiger partial charge on any atom is 0.453 e. The van der Waals surface area contributed by atoms with Gasteiger partial charge in [0.25, 0.3) is 0 Å². The van der Waals surface area contributed by atoms with E-state index in [1.54, 1.807) is 0 Å². The number of ketones is 1. The first-order valence-corrected chi connectivity index (χ1v) is 16.5. The maximum absolute atomic E-state index is 13.7. The second-order valence-corrected chi connectivity index (χ2v) is 13.7. The molecule has 2 saturated carbocycles. The van der Waals surface area contributed by atoms with Crippen LogP contribution < -0.4 is 0 Å². The number of hydrogen-bond donors (Lipinski definition) is 1. The second kappa shape index (κ2) is 13.9. The van der Waals surface area contributed by atoms with Crippen molar-refractivity contribution in [1.29, 1.82) is 0 Å². The molecule has 0 aromatic heterocycles. The van der Waals surface area contributed by atoms with Crippen molar-refractivity contribution in [2.24, 2.45) is 23.2 Å². The van der Waals surface area contributed by atoms with Gasteiger partial charge in [0.2, 0.25) is 0 Å². The molecule has 0 amide bonds. The number of aliphatic hydroxyl groups is 1. The van der Waals surface area contributed by atoms with Gasteiger partial charge in [-0.2, -0.15) is 33.7 Å². The van der Waals surface area contributed by atoms with E-state index in [0.717, 1.165) is 94.8 Å². The van der Waals surface area contributed by atoms with Crippen molar-refractivity contribution in [3.8, 4) is 0 Å². The van der Waals surface area contributed by atoms with Crippen LogP contribution in [0.4, 0.5) is 22.0 Å². The molecule has 5 atom stereocenters. The van der Waals surface area contributed by atoms with E-state index < -0.39 is 18.5 Å². The lowest BCUT2D eigenvalue weighted by atomic mass is 9.52. The lowest BCUT2D eigenvalue weighted by Crippen LogP contribution is -2.48. The highest BCUT2D eigenvalue weighted by Crippen LogP contribution is 2.62. The van der Waals surface area contributed by atoms with E-state index in [4.69, 9.17) is 0 Å². The topological polar surface area (TPSA) is 37.3 Å². The van der Waals surface area contributed by atoms with Crippen molar-refractivity contribution in [3.63, 3.8) is 0 Å². The minimum Gasteiger partial charge on any atom is -0.396 e. The monoisotopic (exact) mass is 588 g/mol. The number of halogens is 5. The molecular formula is C32H45F5O2S. The molecule has 3 aliphatic rings. The maximum atomic E-state index is 13.7. The molecule has 226 valence electrons. The van der Waals surface area contributed by atoms with Crippen molar-refractivity contribution in [2.75, 3.05) is 18.1 Å². The van der Waals surface area contributed by atoms with E-state index >= 15 is 0 Å². The summed E-state index contributed by atoms with van der Waals surface area (Å²) in [6.45, 7) is 0.246. The lowest BCUT2D eigenvalue weighted by Gasteiger charge is -2.52. The third-order valence-electron chi connectivity index (χ3n) is 10.1. The van der Waals surface area contributed by atoms with E-state index in [0.29, 0.717) is 29.3 Å². The number of unbranched alkanes of at least 4 members (excludes halogenated alkanes) is 6. The Morgan fingerprint density at radius 1 is 0.875 bits per heavy atom. The van der Waals surface area contributed by atoms with Crippen LogP contribution in [0.2, 0.25) is 0 Å². The van der Waals surface area contributed by atoms with Crippen LogP contribution in [0.5, 0.6) is 0 Å². The van der Waals surface area contributed by atoms with Gasteiger partial charge in [-0.25, -0.2) is 0 Å². The fraction of sp³-hybridized carbons (Fsp3) is 0.781. The number of fused-ring (bicyclic) bond motifs is 5. The molecule has 4 rings (SSSR count). The summed E-state index contributed by atoms with van der Waals surface area (Å²) in [7, 11) is 0. The van der Waals surface area contributed by atoms with Crippen molar-refractivity contribution < 1.29 is 31.9 Å². The first kappa shape index (κ1) is 31.8. The van der Waals surface area contributed by atoms with Crippen LogP contribution in [0.25, 0.3) is 0 Å². The van der Waals surface area contributed by atoms with Gasteiger partial charge >= 0.3 is 12.1 Å². The van der Waals surface area contributed by atoms with Crippen LogP contribution in [-0.4, -0.2) is 41.1 Å². The van der Waals surface area contributed by atoms with Gasteiger partial charge in [0, 0.05) is 24.5 Å². The van der Waals surface area contributed by atoms with E-state index in [2.05, 4.69) is 12.1 Å². The Bertz CT molecular complexity index is 967. The first-order valence-electron chi connectivity index (χ1n) is 15.4. The predicted octanol–water partition coefficient (Wildman–Crippen LogP) is 9.60. The summed E-state index contributed by atoms with van der Waals surface area (Å²) in [5, 5.41) is 10.4. The van der Waals surface area contributed by atoms with Crippen molar-refractivity contribution >= 4 is 17.5 Å². The number of Topliss-reactive ketones (excluding diaryl/α,β-unsaturated/α-hetero) is 1. The number of rotatable bonds is 15. The molecule has 0 radical (unpaired) electrons. The Morgan fingerprint density at radius 3 is 2.27 bits per heavy atom. The zero-order valence-corrected chi connectivity index (χ0v) is 24.3. The van der Waals surface area contributed by atoms with E-state index in [9.17, 15) is 31.9 Å². The van der Waals surface area contributed by atoms with E-state index in [1.165, 1.54) is 17.3 Å². The van der Waals surface area contributed by atoms with Crippen LogP contribution in [0.3, 0.4) is 0 Å². The molecule has 0 heterocycles. The zero-order chi connectivity index (χ0) is 28.8. The summed E-state index contributed by atoms with van der Waals surface area (Å²) < 4.78 is 62.4. The van der Waals surface area contributed by atoms with Crippen LogP contribution in [0.1, 0.15) is 118 Å². The van der Waals surface area contributed by atoms with Crippen molar-refractivity contribution in [1.82, 2.24) is 0 Å². The van der Waals surface area contributed by atoms with Gasteiger partial charge in [0.15, 0.2) is 5.78 Å². The predicted molar refractivity (Wildman–Crippen MR) is 151 cm³/mol. The minimum atomic E-state index is -5.45. The Balaban J connectivity index is 1.15. The molecule has 2 fully saturated rings. The van der Waals surface area contributed by atoms with Gasteiger partial charge in [-0.15, -0.1) is 0 Å². The Labute approximate surface area is 240 Å². The summed E-state index contributed by atoms with van der Waals surface area (Å²) in [6.07, 6.45) is 7.19. The molecule has 0 spiro atoms. The number of thioether (sulfide) groups is 1. The Morgan fingerprint density at radius 2 is 1.55 bits per heavy atom. The summed E-state index contributed by atoms with van der Waals surface area (Å²) in [5.41, 5.74) is 2.18. The van der Waals surface area contributed by atoms with Gasteiger partial charge in [-0.1, -0.05) is 69.2 Å². The van der Waals surface area contributed by atoms with Gasteiger partial charge in [-0.3, -0.25) is 4.79 Å². The molecule has 2 nitrogen and oxygen atoms in total. The molecule has 40 heavy (non-hydrogen) atoms. The SMILES string of the molecule is O=C1c2ccccc2[C@H]2CC[C@]3(CO)CCC[C@H]3[C@@H]2[C@@H]1CCCCCCCCCSCCCC(F)(F)C(F)(F)F. The zero-order valence-electron chi connectivity index (χ0n) is 23.5. The fourth-order valence-corrected chi connectivity index (χ4v) is 8.99. The standard InChI is InChI=1S/C32H45F5O2S/c33-31(34,32(35,36)37)18-11-21-40-20-9-5-3-1-2-4-6-14-26-28-24(23-12-7-8-13-25(23)29(26)39)16-19-30(22-38)17-10-15-27(28)30/h7-8,12-13,24,26-28,38H,1-6,9-11,14-22H2/t24-,26+,27+,28+,30+/m1/s1. The van der Waals surface area contributed by atoms with Crippen LogP contribution in [-0.2, 0) is 0 Å². The molecule has 8 heteroatoms. The molecule has 0 aliphatic heterocycles.